The molecule has 1 aromatic heterocycles. The monoisotopic (exact) mass is 391 g/mol. The number of aromatic nitrogens is 2. The van der Waals surface area contributed by atoms with Gasteiger partial charge in [0.1, 0.15) is 4.90 Å². The Kier molecular flexibility index (Phi) is 4.14. The number of nitrogens with zero attached hydrogens (tertiary/aromatic N) is 2. The Morgan fingerprint density at radius 3 is 2.63 bits per heavy atom. The van der Waals surface area contributed by atoms with Crippen LogP contribution in [0.1, 0.15) is 12.6 Å². The lowest BCUT2D eigenvalue weighted by Gasteiger charge is -2.08. The molecule has 2 rings (SSSR count). The van der Waals surface area contributed by atoms with Gasteiger partial charge in [0, 0.05) is 16.3 Å². The molecular weight excluding hydrogens is 377 g/mol. The molecule has 0 aliphatic heterocycles. The van der Waals surface area contributed by atoms with Crippen molar-refractivity contribution in [2.24, 2.45) is 0 Å². The van der Waals surface area contributed by atoms with Gasteiger partial charge in [-0.1, -0.05) is 12.1 Å². The Bertz CT molecular complexity index is 695. The van der Waals surface area contributed by atoms with Gasteiger partial charge in [0.2, 0.25) is 0 Å². The minimum absolute atomic E-state index is 0.217. The predicted octanol–water partition coefficient (Wildman–Crippen LogP) is 2.62. The lowest BCUT2D eigenvalue weighted by molar-refractivity contribution is 0.600. The van der Waals surface area contributed by atoms with Crippen LogP contribution in [0.5, 0.6) is 0 Å². The molecular formula is C12H14IN3O2S. The van der Waals surface area contributed by atoms with Gasteiger partial charge in [0.25, 0.3) is 10.0 Å². The van der Waals surface area contributed by atoms with Crippen LogP contribution in [0.2, 0.25) is 0 Å². The molecule has 0 amide bonds. The Labute approximate surface area is 126 Å². The van der Waals surface area contributed by atoms with Gasteiger partial charge in [0.05, 0.1) is 11.4 Å². The SMILES string of the molecule is CCn1cc(S(=O)(=O)Nc2ccccc2I)c(C)n1. The zero-order valence-electron chi connectivity index (χ0n) is 10.6. The molecule has 1 heterocycles. The number of rotatable bonds is 4. The number of aryl methyl sites for hydroxylation is 2. The average molecular weight is 391 g/mol. The van der Waals surface area contributed by atoms with Crippen LogP contribution in [-0.2, 0) is 16.6 Å². The molecule has 0 bridgehead atoms. The highest BCUT2D eigenvalue weighted by molar-refractivity contribution is 14.1. The Morgan fingerprint density at radius 1 is 1.37 bits per heavy atom. The third-order valence-electron chi connectivity index (χ3n) is 2.63. The molecule has 0 saturated carbocycles. The number of hydrogen-bond acceptors (Lipinski definition) is 3. The van der Waals surface area contributed by atoms with Crippen molar-refractivity contribution in [3.8, 4) is 0 Å². The molecule has 0 unspecified atom stereocenters. The molecule has 1 N–H and O–H groups in total. The topological polar surface area (TPSA) is 64.0 Å². The van der Waals surface area contributed by atoms with E-state index in [1.165, 1.54) is 0 Å². The first-order valence-corrected chi connectivity index (χ1v) is 8.31. The van der Waals surface area contributed by atoms with Crippen LogP contribution in [0.15, 0.2) is 35.4 Å². The van der Waals surface area contributed by atoms with E-state index in [1.54, 1.807) is 29.9 Å². The quantitative estimate of drug-likeness (QED) is 0.816. The molecule has 0 saturated heterocycles. The second kappa shape index (κ2) is 5.49. The van der Waals surface area contributed by atoms with Crippen LogP contribution < -0.4 is 4.72 Å². The second-order valence-corrected chi connectivity index (χ2v) is 6.83. The summed E-state index contributed by atoms with van der Waals surface area (Å²) in [5.41, 5.74) is 1.08. The fourth-order valence-corrected chi connectivity index (χ4v) is 3.64. The summed E-state index contributed by atoms with van der Waals surface area (Å²) in [7, 11) is -3.59. The van der Waals surface area contributed by atoms with Gasteiger partial charge in [-0.2, -0.15) is 5.10 Å². The van der Waals surface area contributed by atoms with Crippen molar-refractivity contribution in [3.63, 3.8) is 0 Å². The molecule has 0 radical (unpaired) electrons. The number of para-hydroxylation sites is 1. The van der Waals surface area contributed by atoms with Crippen LogP contribution in [0.25, 0.3) is 0 Å². The smallest absolute Gasteiger partial charge is 0.265 e. The summed E-state index contributed by atoms with van der Waals surface area (Å²) in [5, 5.41) is 4.16. The first-order chi connectivity index (χ1) is 8.94. The highest BCUT2D eigenvalue weighted by Gasteiger charge is 2.20. The Morgan fingerprint density at radius 2 is 2.05 bits per heavy atom. The first kappa shape index (κ1) is 14.3. The summed E-state index contributed by atoms with van der Waals surface area (Å²) in [4.78, 5) is 0.217. The minimum atomic E-state index is -3.59. The molecule has 7 heteroatoms. The molecule has 1 aromatic carbocycles. The van der Waals surface area contributed by atoms with Gasteiger partial charge in [-0.05, 0) is 48.6 Å². The molecule has 5 nitrogen and oxygen atoms in total. The zero-order valence-corrected chi connectivity index (χ0v) is 13.6. The maximum atomic E-state index is 12.3. The zero-order chi connectivity index (χ0) is 14.0. The van der Waals surface area contributed by atoms with Crippen LogP contribution in [0.4, 0.5) is 5.69 Å². The second-order valence-electron chi connectivity index (χ2n) is 4.02. The van der Waals surface area contributed by atoms with Crippen molar-refractivity contribution in [2.75, 3.05) is 4.72 Å². The van der Waals surface area contributed by atoms with E-state index < -0.39 is 10.0 Å². The first-order valence-electron chi connectivity index (χ1n) is 5.75. The van der Waals surface area contributed by atoms with Crippen molar-refractivity contribution in [3.05, 3.63) is 39.7 Å². The lowest BCUT2D eigenvalue weighted by Crippen LogP contribution is -2.14. The molecule has 0 aliphatic rings. The highest BCUT2D eigenvalue weighted by atomic mass is 127. The number of sulfonamides is 1. The summed E-state index contributed by atoms with van der Waals surface area (Å²) in [5.74, 6) is 0. The number of benzene rings is 1. The van der Waals surface area contributed by atoms with E-state index in [-0.39, 0.29) is 4.90 Å². The fraction of sp³-hybridized carbons (Fsp3) is 0.250. The van der Waals surface area contributed by atoms with E-state index in [0.29, 0.717) is 17.9 Å². The van der Waals surface area contributed by atoms with Crippen LogP contribution in [0, 0.1) is 10.5 Å². The molecule has 2 aromatic rings. The number of nitrogens with one attached hydrogen (secondary N) is 1. The molecule has 0 spiro atoms. The fourth-order valence-electron chi connectivity index (χ4n) is 1.67. The Hall–Kier alpha value is -1.09. The molecule has 102 valence electrons. The summed E-state index contributed by atoms with van der Waals surface area (Å²) in [6.45, 7) is 4.24. The van der Waals surface area contributed by atoms with Gasteiger partial charge in [-0.15, -0.1) is 0 Å². The largest absolute Gasteiger partial charge is 0.278 e. The molecule has 0 atom stereocenters. The van der Waals surface area contributed by atoms with Crippen LogP contribution >= 0.6 is 22.6 Å². The van der Waals surface area contributed by atoms with E-state index >= 15 is 0 Å². The van der Waals surface area contributed by atoms with Crippen molar-refractivity contribution >= 4 is 38.3 Å². The Balaban J connectivity index is 2.38. The summed E-state index contributed by atoms with van der Waals surface area (Å²) in [6.07, 6.45) is 1.55. The minimum Gasteiger partial charge on any atom is -0.278 e. The van der Waals surface area contributed by atoms with Gasteiger partial charge >= 0.3 is 0 Å². The van der Waals surface area contributed by atoms with Crippen LogP contribution in [0.3, 0.4) is 0 Å². The van der Waals surface area contributed by atoms with E-state index in [1.807, 2.05) is 19.1 Å². The van der Waals surface area contributed by atoms with Gasteiger partial charge in [-0.25, -0.2) is 8.42 Å². The highest BCUT2D eigenvalue weighted by Crippen LogP contribution is 2.22. The third kappa shape index (κ3) is 3.08. The molecule has 19 heavy (non-hydrogen) atoms. The van der Waals surface area contributed by atoms with Gasteiger partial charge in [-0.3, -0.25) is 9.40 Å². The van der Waals surface area contributed by atoms with Crippen molar-refractivity contribution < 1.29 is 8.42 Å². The number of halogens is 1. The van der Waals surface area contributed by atoms with Crippen molar-refractivity contribution in [1.82, 2.24) is 9.78 Å². The average Bonchev–Trinajstić information content (AvgIpc) is 2.74. The molecule has 0 aliphatic carbocycles. The van der Waals surface area contributed by atoms with Gasteiger partial charge < -0.3 is 0 Å². The molecule has 0 fully saturated rings. The number of hydrogen-bond donors (Lipinski definition) is 1. The maximum absolute atomic E-state index is 12.3. The van der Waals surface area contributed by atoms with Crippen molar-refractivity contribution in [2.45, 2.75) is 25.3 Å². The van der Waals surface area contributed by atoms with E-state index in [4.69, 9.17) is 0 Å². The van der Waals surface area contributed by atoms with Crippen LogP contribution in [-0.4, -0.2) is 18.2 Å². The normalized spacial score (nSPS) is 11.5. The third-order valence-corrected chi connectivity index (χ3v) is 5.04. The lowest BCUT2D eigenvalue weighted by atomic mass is 10.3. The van der Waals surface area contributed by atoms with E-state index in [0.717, 1.165) is 3.57 Å². The van der Waals surface area contributed by atoms with Crippen molar-refractivity contribution in [1.29, 1.82) is 0 Å². The number of anilines is 1. The van der Waals surface area contributed by atoms with Gasteiger partial charge in [0.15, 0.2) is 0 Å². The summed E-state index contributed by atoms with van der Waals surface area (Å²) in [6, 6.07) is 7.24. The van der Waals surface area contributed by atoms with E-state index in [2.05, 4.69) is 32.4 Å². The standard InChI is InChI=1S/C12H14IN3O2S/c1-3-16-8-12(9(2)14-16)19(17,18)15-11-7-5-4-6-10(11)13/h4-8,15H,3H2,1-2H3. The summed E-state index contributed by atoms with van der Waals surface area (Å²) >= 11 is 2.09. The van der Waals surface area contributed by atoms with E-state index in [9.17, 15) is 8.42 Å². The predicted molar refractivity (Wildman–Crippen MR) is 82.6 cm³/mol. The maximum Gasteiger partial charge on any atom is 0.265 e. The summed E-state index contributed by atoms with van der Waals surface area (Å²) < 4.78 is 29.7.